The first kappa shape index (κ1) is 24.1. The zero-order valence-electron chi connectivity index (χ0n) is 19.4. The molecular weight excluding hydrogens is 420 g/mol. The highest BCUT2D eigenvalue weighted by atomic mass is 19.1. The molecular formula is C23H31F2N3O4. The standard InChI is InChI=1S/C23H31F2N3O4/c1-14(30-6)19-20(15-11-16(24)13-17(25)12-15)27(5)26-21(19)28(18-7-9-31-10-8-18)22(29)32-23(2,3)4/h11-14,18H,7-10H2,1-6H3. The monoisotopic (exact) mass is 451 g/mol. The van der Waals surface area contributed by atoms with Crippen LogP contribution in [0.4, 0.5) is 19.4 Å². The molecule has 1 saturated heterocycles. The van der Waals surface area contributed by atoms with Gasteiger partial charge in [0.15, 0.2) is 5.82 Å². The van der Waals surface area contributed by atoms with Crippen LogP contribution in [0.3, 0.4) is 0 Å². The van der Waals surface area contributed by atoms with E-state index in [4.69, 9.17) is 14.2 Å². The number of anilines is 1. The third-order valence-electron chi connectivity index (χ3n) is 5.33. The minimum absolute atomic E-state index is 0.201. The van der Waals surface area contributed by atoms with Gasteiger partial charge < -0.3 is 14.2 Å². The number of amides is 1. The first-order chi connectivity index (χ1) is 15.0. The molecule has 0 N–H and O–H groups in total. The van der Waals surface area contributed by atoms with E-state index in [1.807, 2.05) is 0 Å². The van der Waals surface area contributed by atoms with E-state index >= 15 is 0 Å². The predicted octanol–water partition coefficient (Wildman–Crippen LogP) is 4.99. The third-order valence-corrected chi connectivity index (χ3v) is 5.33. The van der Waals surface area contributed by atoms with Crippen molar-refractivity contribution in [1.82, 2.24) is 9.78 Å². The van der Waals surface area contributed by atoms with Gasteiger partial charge in [0, 0.05) is 45.0 Å². The van der Waals surface area contributed by atoms with Gasteiger partial charge in [0.25, 0.3) is 0 Å². The number of rotatable bonds is 5. The first-order valence-electron chi connectivity index (χ1n) is 10.7. The first-order valence-corrected chi connectivity index (χ1v) is 10.7. The minimum atomic E-state index is -0.711. The van der Waals surface area contributed by atoms with E-state index in [2.05, 4.69) is 5.10 Å². The predicted molar refractivity (Wildman–Crippen MR) is 117 cm³/mol. The zero-order chi connectivity index (χ0) is 23.6. The fourth-order valence-corrected chi connectivity index (χ4v) is 3.89. The number of carbonyl (C=O) groups is 1. The van der Waals surface area contributed by atoms with Gasteiger partial charge >= 0.3 is 6.09 Å². The zero-order valence-corrected chi connectivity index (χ0v) is 19.4. The molecule has 0 radical (unpaired) electrons. The van der Waals surface area contributed by atoms with Gasteiger partial charge in [-0.25, -0.2) is 13.6 Å². The molecule has 0 bridgehead atoms. The Labute approximate surface area is 187 Å². The third kappa shape index (κ3) is 5.27. The summed E-state index contributed by atoms with van der Waals surface area (Å²) in [4.78, 5) is 14.9. The highest BCUT2D eigenvalue weighted by molar-refractivity contribution is 5.90. The number of aryl methyl sites for hydroxylation is 1. The van der Waals surface area contributed by atoms with Crippen LogP contribution >= 0.6 is 0 Å². The molecule has 0 aliphatic carbocycles. The fourth-order valence-electron chi connectivity index (χ4n) is 3.89. The molecule has 0 spiro atoms. The molecule has 3 rings (SSSR count). The Morgan fingerprint density at radius 3 is 2.34 bits per heavy atom. The molecule has 176 valence electrons. The quantitative estimate of drug-likeness (QED) is 0.641. The van der Waals surface area contributed by atoms with Crippen LogP contribution in [-0.2, 0) is 21.3 Å². The smallest absolute Gasteiger partial charge is 0.416 e. The van der Waals surface area contributed by atoms with Crippen LogP contribution in [0.15, 0.2) is 18.2 Å². The van der Waals surface area contributed by atoms with Gasteiger partial charge in [0.2, 0.25) is 0 Å². The van der Waals surface area contributed by atoms with Crippen LogP contribution in [0.5, 0.6) is 0 Å². The average molecular weight is 452 g/mol. The van der Waals surface area contributed by atoms with Crippen molar-refractivity contribution in [3.8, 4) is 11.3 Å². The summed E-state index contributed by atoms with van der Waals surface area (Å²) in [5, 5.41) is 4.62. The van der Waals surface area contributed by atoms with Gasteiger partial charge in [-0.2, -0.15) is 5.10 Å². The molecule has 2 aromatic rings. The topological polar surface area (TPSA) is 65.8 Å². The van der Waals surface area contributed by atoms with Crippen molar-refractivity contribution in [1.29, 1.82) is 0 Å². The number of hydrogen-bond donors (Lipinski definition) is 0. The summed E-state index contributed by atoms with van der Waals surface area (Å²) in [6.07, 6.45) is 0.176. The van der Waals surface area contributed by atoms with E-state index < -0.39 is 29.4 Å². The van der Waals surface area contributed by atoms with Crippen LogP contribution in [0.2, 0.25) is 0 Å². The number of ether oxygens (including phenoxy) is 3. The number of hydrogen-bond acceptors (Lipinski definition) is 5. The fraction of sp³-hybridized carbons (Fsp3) is 0.565. The van der Waals surface area contributed by atoms with Crippen LogP contribution < -0.4 is 4.90 Å². The lowest BCUT2D eigenvalue weighted by Crippen LogP contribution is -2.46. The number of methoxy groups -OCH3 is 1. The summed E-state index contributed by atoms with van der Waals surface area (Å²) in [5.74, 6) is -1.05. The Bertz CT molecular complexity index is 945. The molecule has 1 aromatic carbocycles. The van der Waals surface area contributed by atoms with Gasteiger partial charge in [0.1, 0.15) is 17.2 Å². The van der Waals surface area contributed by atoms with Crippen molar-refractivity contribution in [2.75, 3.05) is 25.2 Å². The van der Waals surface area contributed by atoms with Gasteiger partial charge in [-0.3, -0.25) is 9.58 Å². The van der Waals surface area contributed by atoms with Crippen LogP contribution in [0, 0.1) is 11.6 Å². The second-order valence-corrected chi connectivity index (χ2v) is 8.94. The summed E-state index contributed by atoms with van der Waals surface area (Å²) in [5.41, 5.74) is 0.612. The molecule has 1 atom stereocenters. The molecule has 1 aliphatic rings. The lowest BCUT2D eigenvalue weighted by atomic mass is 10.0. The number of halogens is 2. The molecule has 1 aromatic heterocycles. The maximum atomic E-state index is 14.0. The van der Waals surface area contributed by atoms with Crippen LogP contribution in [-0.4, -0.2) is 47.8 Å². The summed E-state index contributed by atoms with van der Waals surface area (Å²) in [6.45, 7) is 8.21. The van der Waals surface area contributed by atoms with Gasteiger partial charge in [-0.15, -0.1) is 0 Å². The highest BCUT2D eigenvalue weighted by Gasteiger charge is 2.37. The van der Waals surface area contributed by atoms with Crippen molar-refractivity contribution in [3.05, 3.63) is 35.4 Å². The molecule has 9 heteroatoms. The maximum Gasteiger partial charge on any atom is 0.416 e. The van der Waals surface area contributed by atoms with Crippen LogP contribution in [0.25, 0.3) is 11.3 Å². The van der Waals surface area contributed by atoms with E-state index in [1.54, 1.807) is 34.7 Å². The van der Waals surface area contributed by atoms with E-state index in [0.29, 0.717) is 48.7 Å². The Kier molecular flexibility index (Phi) is 7.19. The maximum absolute atomic E-state index is 14.0. The molecule has 1 fully saturated rings. The summed E-state index contributed by atoms with van der Waals surface area (Å²) < 4.78 is 46.3. The largest absolute Gasteiger partial charge is 0.443 e. The van der Waals surface area contributed by atoms with E-state index in [1.165, 1.54) is 28.8 Å². The molecule has 1 unspecified atom stereocenters. The number of nitrogens with zero attached hydrogens (tertiary/aromatic N) is 3. The molecule has 7 nitrogen and oxygen atoms in total. The van der Waals surface area contributed by atoms with E-state index in [-0.39, 0.29) is 6.04 Å². The lowest BCUT2D eigenvalue weighted by molar-refractivity contribution is 0.0482. The number of carbonyl (C=O) groups excluding carboxylic acids is 1. The molecule has 0 saturated carbocycles. The van der Waals surface area contributed by atoms with Crippen molar-refractivity contribution in [3.63, 3.8) is 0 Å². The van der Waals surface area contributed by atoms with Crippen molar-refractivity contribution in [2.24, 2.45) is 7.05 Å². The second kappa shape index (κ2) is 9.54. The number of aromatic nitrogens is 2. The summed E-state index contributed by atoms with van der Waals surface area (Å²) in [7, 11) is 3.20. The molecule has 32 heavy (non-hydrogen) atoms. The molecule has 1 amide bonds. The second-order valence-electron chi connectivity index (χ2n) is 8.94. The van der Waals surface area contributed by atoms with E-state index in [0.717, 1.165) is 6.07 Å². The molecule has 1 aliphatic heterocycles. The Morgan fingerprint density at radius 2 is 1.81 bits per heavy atom. The minimum Gasteiger partial charge on any atom is -0.443 e. The molecule has 2 heterocycles. The summed E-state index contributed by atoms with van der Waals surface area (Å²) in [6, 6.07) is 3.09. The Hall–Kier alpha value is -2.52. The number of benzene rings is 1. The SMILES string of the molecule is COC(C)c1c(N(C(=O)OC(C)(C)C)C2CCOCC2)nn(C)c1-c1cc(F)cc(F)c1. The van der Waals surface area contributed by atoms with Crippen molar-refractivity contribution < 1.29 is 27.8 Å². The van der Waals surface area contributed by atoms with Crippen molar-refractivity contribution in [2.45, 2.75) is 58.3 Å². The van der Waals surface area contributed by atoms with Crippen LogP contribution in [0.1, 0.15) is 52.2 Å². The van der Waals surface area contributed by atoms with Gasteiger partial charge in [0.05, 0.1) is 17.4 Å². The Balaban J connectivity index is 2.20. The van der Waals surface area contributed by atoms with E-state index in [9.17, 15) is 13.6 Å². The van der Waals surface area contributed by atoms with Crippen molar-refractivity contribution >= 4 is 11.9 Å². The average Bonchev–Trinajstić information content (AvgIpc) is 3.02. The highest BCUT2D eigenvalue weighted by Crippen LogP contribution is 2.39. The lowest BCUT2D eigenvalue weighted by Gasteiger charge is -2.35. The van der Waals surface area contributed by atoms with Gasteiger partial charge in [-0.1, -0.05) is 0 Å². The Morgan fingerprint density at radius 1 is 1.22 bits per heavy atom. The normalized spacial score (nSPS) is 16.1. The summed E-state index contributed by atoms with van der Waals surface area (Å²) >= 11 is 0. The van der Waals surface area contributed by atoms with Gasteiger partial charge in [-0.05, 0) is 52.7 Å².